The van der Waals surface area contributed by atoms with Gasteiger partial charge in [-0.05, 0) is 25.1 Å². The van der Waals surface area contributed by atoms with Crippen LogP contribution in [-0.4, -0.2) is 62.8 Å². The van der Waals surface area contributed by atoms with Crippen LogP contribution in [0.15, 0.2) is 48.5 Å². The molecule has 1 unspecified atom stereocenters. The number of nitrogens with one attached hydrogen (secondary N) is 1. The van der Waals surface area contributed by atoms with Gasteiger partial charge in [-0.25, -0.2) is 4.98 Å². The number of methoxy groups -OCH3 is 1. The maximum atomic E-state index is 13.6. The lowest BCUT2D eigenvalue weighted by molar-refractivity contribution is 0.0756. The molecular weight excluding hydrogens is 482 g/mol. The molecule has 0 bridgehead atoms. The second kappa shape index (κ2) is 9.71. The molecule has 1 atom stereocenters. The summed E-state index contributed by atoms with van der Waals surface area (Å²) in [6, 6.07) is 15.2. The van der Waals surface area contributed by atoms with Gasteiger partial charge in [-0.15, -0.1) is 23.1 Å². The largest absolute Gasteiger partial charge is 0.497 e. The van der Waals surface area contributed by atoms with Gasteiger partial charge in [-0.3, -0.25) is 14.3 Å². The third-order valence-corrected chi connectivity index (χ3v) is 8.12. The molecule has 1 fully saturated rings. The SMILES string of the molecule is COc1cccc(-c2nc(C)sc2C(=O)N2CCSC2CNC(=O)c2nn(C)c3ccccc23)c1. The van der Waals surface area contributed by atoms with E-state index in [1.165, 1.54) is 11.3 Å². The molecule has 8 nitrogen and oxygen atoms in total. The fourth-order valence-electron chi connectivity index (χ4n) is 4.24. The van der Waals surface area contributed by atoms with Crippen molar-refractivity contribution >= 4 is 45.8 Å². The van der Waals surface area contributed by atoms with E-state index in [1.807, 2.05) is 67.4 Å². The maximum absolute atomic E-state index is 13.6. The van der Waals surface area contributed by atoms with Gasteiger partial charge in [0.05, 0.1) is 28.7 Å². The zero-order valence-electron chi connectivity index (χ0n) is 19.6. The van der Waals surface area contributed by atoms with E-state index in [2.05, 4.69) is 15.4 Å². The van der Waals surface area contributed by atoms with Crippen LogP contribution in [0.5, 0.6) is 5.75 Å². The van der Waals surface area contributed by atoms with Crippen molar-refractivity contribution in [1.82, 2.24) is 25.0 Å². The summed E-state index contributed by atoms with van der Waals surface area (Å²) in [6.45, 7) is 2.86. The van der Waals surface area contributed by atoms with Crippen molar-refractivity contribution < 1.29 is 14.3 Å². The van der Waals surface area contributed by atoms with Gasteiger partial charge in [-0.1, -0.05) is 30.3 Å². The second-order valence-corrected chi connectivity index (χ2v) is 10.7. The number of rotatable bonds is 6. The molecule has 0 spiro atoms. The molecule has 1 aliphatic rings. The summed E-state index contributed by atoms with van der Waals surface area (Å²) in [4.78, 5) is 33.7. The number of benzene rings is 2. The molecule has 0 radical (unpaired) electrons. The number of carbonyl (C=O) groups excluding carboxylic acids is 2. The number of thioether (sulfide) groups is 1. The smallest absolute Gasteiger partial charge is 0.272 e. The number of thiazole rings is 1. The van der Waals surface area contributed by atoms with E-state index in [0.29, 0.717) is 35.1 Å². The first-order valence-electron chi connectivity index (χ1n) is 11.2. The topological polar surface area (TPSA) is 89.3 Å². The maximum Gasteiger partial charge on any atom is 0.272 e. The molecule has 1 saturated heterocycles. The van der Waals surface area contributed by atoms with Crippen LogP contribution >= 0.6 is 23.1 Å². The molecule has 1 aliphatic heterocycles. The van der Waals surface area contributed by atoms with Crippen LogP contribution in [0.4, 0.5) is 0 Å². The highest BCUT2D eigenvalue weighted by Crippen LogP contribution is 2.34. The molecule has 5 rings (SSSR count). The summed E-state index contributed by atoms with van der Waals surface area (Å²) in [5.74, 6) is 1.21. The van der Waals surface area contributed by atoms with E-state index in [-0.39, 0.29) is 17.2 Å². The van der Waals surface area contributed by atoms with Crippen molar-refractivity contribution in [3.05, 3.63) is 64.1 Å². The van der Waals surface area contributed by atoms with Gasteiger partial charge in [-0.2, -0.15) is 5.10 Å². The summed E-state index contributed by atoms with van der Waals surface area (Å²) < 4.78 is 7.05. The number of fused-ring (bicyclic) bond motifs is 1. The van der Waals surface area contributed by atoms with Crippen molar-refractivity contribution in [3.63, 3.8) is 0 Å². The van der Waals surface area contributed by atoms with Gasteiger partial charge in [0, 0.05) is 36.8 Å². The average Bonchev–Trinajstić information content (AvgIpc) is 3.59. The summed E-state index contributed by atoms with van der Waals surface area (Å²) in [6.07, 6.45) is 0. The first kappa shape index (κ1) is 23.4. The molecule has 3 heterocycles. The zero-order chi connectivity index (χ0) is 24.5. The van der Waals surface area contributed by atoms with E-state index in [9.17, 15) is 9.59 Å². The molecule has 180 valence electrons. The lowest BCUT2D eigenvalue weighted by Gasteiger charge is -2.23. The fraction of sp³-hybridized carbons (Fsp3) is 0.280. The van der Waals surface area contributed by atoms with Crippen LogP contribution in [0.1, 0.15) is 25.2 Å². The number of ether oxygens (including phenoxy) is 1. The fourth-order valence-corrected chi connectivity index (χ4v) is 6.29. The number of hydrogen-bond acceptors (Lipinski definition) is 7. The van der Waals surface area contributed by atoms with Crippen LogP contribution in [0, 0.1) is 6.92 Å². The third kappa shape index (κ3) is 4.51. The number of amides is 2. The van der Waals surface area contributed by atoms with Gasteiger partial charge < -0.3 is 15.0 Å². The zero-order valence-corrected chi connectivity index (χ0v) is 21.3. The number of carbonyl (C=O) groups is 2. The standard InChI is InChI=1S/C25H25N5O3S2/c1-15-27-21(16-7-6-8-17(13-16)33-3)23(35-15)25(32)30-11-12-34-20(30)14-26-24(31)22-18-9-4-5-10-19(18)29(2)28-22/h4-10,13,20H,11-12,14H2,1-3H3,(H,26,31). The van der Waals surface area contributed by atoms with Crippen molar-refractivity contribution in [2.45, 2.75) is 12.3 Å². The second-order valence-electron chi connectivity index (χ2n) is 8.17. The molecule has 2 aromatic heterocycles. The predicted octanol–water partition coefficient (Wildman–Crippen LogP) is 3.96. The Morgan fingerprint density at radius 2 is 2.03 bits per heavy atom. The summed E-state index contributed by atoms with van der Waals surface area (Å²) >= 11 is 3.06. The minimum atomic E-state index is -0.243. The highest BCUT2D eigenvalue weighted by Gasteiger charge is 2.33. The Morgan fingerprint density at radius 1 is 1.20 bits per heavy atom. The number of hydrogen-bond donors (Lipinski definition) is 1. The quantitative estimate of drug-likeness (QED) is 0.425. The molecule has 35 heavy (non-hydrogen) atoms. The highest BCUT2D eigenvalue weighted by atomic mass is 32.2. The number of aryl methyl sites for hydroxylation is 2. The molecule has 10 heteroatoms. The monoisotopic (exact) mass is 507 g/mol. The van der Waals surface area contributed by atoms with Gasteiger partial charge in [0.2, 0.25) is 0 Å². The van der Waals surface area contributed by atoms with Crippen molar-refractivity contribution in [2.24, 2.45) is 7.05 Å². The van der Waals surface area contributed by atoms with E-state index >= 15 is 0 Å². The Hall–Kier alpha value is -3.37. The van der Waals surface area contributed by atoms with Crippen molar-refractivity contribution in [2.75, 3.05) is 26.0 Å². The minimum absolute atomic E-state index is 0.0686. The van der Waals surface area contributed by atoms with Crippen molar-refractivity contribution in [3.8, 4) is 17.0 Å². The van der Waals surface area contributed by atoms with E-state index in [0.717, 1.165) is 27.2 Å². The normalized spacial score (nSPS) is 15.5. The van der Waals surface area contributed by atoms with Crippen LogP contribution < -0.4 is 10.1 Å². The van der Waals surface area contributed by atoms with Crippen LogP contribution in [-0.2, 0) is 7.05 Å². The third-order valence-electron chi connectivity index (χ3n) is 5.93. The summed E-state index contributed by atoms with van der Waals surface area (Å²) in [7, 11) is 3.44. The predicted molar refractivity (Wildman–Crippen MR) is 139 cm³/mol. The molecular formula is C25H25N5O3S2. The van der Waals surface area contributed by atoms with Gasteiger partial charge >= 0.3 is 0 Å². The van der Waals surface area contributed by atoms with E-state index in [4.69, 9.17) is 4.74 Å². The average molecular weight is 508 g/mol. The first-order chi connectivity index (χ1) is 17.0. The Morgan fingerprint density at radius 3 is 2.86 bits per heavy atom. The molecule has 2 aromatic carbocycles. The Balaban J connectivity index is 1.34. The molecule has 1 N–H and O–H groups in total. The highest BCUT2D eigenvalue weighted by molar-refractivity contribution is 8.00. The lowest BCUT2D eigenvalue weighted by atomic mass is 10.1. The summed E-state index contributed by atoms with van der Waals surface area (Å²) in [5, 5.41) is 8.86. The molecule has 4 aromatic rings. The van der Waals surface area contributed by atoms with Gasteiger partial charge in [0.25, 0.3) is 11.8 Å². The molecule has 0 aliphatic carbocycles. The van der Waals surface area contributed by atoms with Crippen LogP contribution in [0.3, 0.4) is 0 Å². The van der Waals surface area contributed by atoms with Crippen LogP contribution in [0.2, 0.25) is 0 Å². The lowest BCUT2D eigenvalue weighted by Crippen LogP contribution is -2.42. The summed E-state index contributed by atoms with van der Waals surface area (Å²) in [5.41, 5.74) is 2.80. The van der Waals surface area contributed by atoms with Crippen molar-refractivity contribution in [1.29, 1.82) is 0 Å². The molecule has 0 saturated carbocycles. The van der Waals surface area contributed by atoms with Crippen LogP contribution in [0.25, 0.3) is 22.2 Å². The van der Waals surface area contributed by atoms with E-state index in [1.54, 1.807) is 23.6 Å². The van der Waals surface area contributed by atoms with Gasteiger partial charge in [0.1, 0.15) is 10.6 Å². The number of nitrogens with zero attached hydrogens (tertiary/aromatic N) is 4. The first-order valence-corrected chi connectivity index (χ1v) is 13.1. The molecule has 2 amide bonds. The number of aromatic nitrogens is 3. The Labute approximate surface area is 211 Å². The number of para-hydroxylation sites is 1. The minimum Gasteiger partial charge on any atom is -0.497 e. The Bertz CT molecular complexity index is 1410. The Kier molecular flexibility index (Phi) is 6.48. The van der Waals surface area contributed by atoms with E-state index < -0.39 is 0 Å². The van der Waals surface area contributed by atoms with Gasteiger partial charge in [0.15, 0.2) is 5.69 Å².